The summed E-state index contributed by atoms with van der Waals surface area (Å²) in [4.78, 5) is 23.6. The van der Waals surface area contributed by atoms with E-state index >= 15 is 0 Å². The Bertz CT molecular complexity index is 639. The van der Waals surface area contributed by atoms with E-state index in [0.29, 0.717) is 12.1 Å². The zero-order chi connectivity index (χ0) is 21.2. The van der Waals surface area contributed by atoms with Gasteiger partial charge < -0.3 is 5.32 Å². The van der Waals surface area contributed by atoms with Gasteiger partial charge in [0.1, 0.15) is 0 Å². The Hall–Kier alpha value is -2.43. The third kappa shape index (κ3) is 14.3. The molecule has 1 rings (SSSR count). The number of carbonyl (C=O) groups is 2. The van der Waals surface area contributed by atoms with E-state index in [-0.39, 0.29) is 18.4 Å². The molecule has 0 radical (unpaired) electrons. The van der Waals surface area contributed by atoms with Crippen LogP contribution >= 0.6 is 0 Å². The van der Waals surface area contributed by atoms with E-state index in [0.717, 1.165) is 18.4 Å². The van der Waals surface area contributed by atoms with E-state index in [1.54, 1.807) is 0 Å². The van der Waals surface area contributed by atoms with Crippen molar-refractivity contribution in [2.45, 2.75) is 78.1 Å². The van der Waals surface area contributed by atoms with Crippen molar-refractivity contribution in [1.82, 2.24) is 10.7 Å². The van der Waals surface area contributed by atoms with Crippen LogP contribution in [0.3, 0.4) is 0 Å². The molecule has 2 amide bonds. The van der Waals surface area contributed by atoms with E-state index in [2.05, 4.69) is 22.8 Å². The van der Waals surface area contributed by atoms with Crippen LogP contribution in [0, 0.1) is 0 Å². The Morgan fingerprint density at radius 2 is 1.52 bits per heavy atom. The molecule has 1 aromatic carbocycles. The van der Waals surface area contributed by atoms with Crippen molar-refractivity contribution in [2.75, 3.05) is 6.54 Å². The van der Waals surface area contributed by atoms with Crippen molar-refractivity contribution >= 4 is 23.6 Å². The molecule has 0 bridgehead atoms. The highest BCUT2D eigenvalue weighted by Gasteiger charge is 2.04. The number of rotatable bonds is 15. The summed E-state index contributed by atoms with van der Waals surface area (Å²) in [5.74, 6) is -0.398. The fourth-order valence-electron chi connectivity index (χ4n) is 2.87. The number of allylic oxidation sites excluding steroid dienone is 1. The fraction of sp³-hybridized carbons (Fsp3) is 0.542. The van der Waals surface area contributed by atoms with Gasteiger partial charge in [0.05, 0.1) is 12.3 Å². The zero-order valence-electron chi connectivity index (χ0n) is 18.1. The SMILES string of the molecule is CCCCCCCCCCCC(=O)NCC(=O)NN=C(C)C=Cc1ccccc1. The highest BCUT2D eigenvalue weighted by atomic mass is 16.2. The molecule has 0 atom stereocenters. The second-order valence-electron chi connectivity index (χ2n) is 7.39. The Labute approximate surface area is 176 Å². The summed E-state index contributed by atoms with van der Waals surface area (Å²) in [6.45, 7) is 3.99. The molecule has 29 heavy (non-hydrogen) atoms. The summed E-state index contributed by atoms with van der Waals surface area (Å²) >= 11 is 0. The molecule has 0 aromatic heterocycles. The average molecular weight is 400 g/mol. The second kappa shape index (κ2) is 16.5. The first-order valence-electron chi connectivity index (χ1n) is 10.9. The topological polar surface area (TPSA) is 70.6 Å². The number of carbonyl (C=O) groups excluding carboxylic acids is 2. The molecule has 0 spiro atoms. The third-order valence-corrected chi connectivity index (χ3v) is 4.63. The molecule has 0 heterocycles. The van der Waals surface area contributed by atoms with Crippen LogP contribution in [0.1, 0.15) is 83.6 Å². The molecular weight excluding hydrogens is 362 g/mol. The van der Waals surface area contributed by atoms with Gasteiger partial charge in [0, 0.05) is 6.42 Å². The highest BCUT2D eigenvalue weighted by molar-refractivity contribution is 5.97. The Balaban J connectivity index is 2.07. The monoisotopic (exact) mass is 399 g/mol. The Morgan fingerprint density at radius 1 is 0.897 bits per heavy atom. The molecule has 5 heteroatoms. The third-order valence-electron chi connectivity index (χ3n) is 4.63. The fourth-order valence-corrected chi connectivity index (χ4v) is 2.87. The zero-order valence-corrected chi connectivity index (χ0v) is 18.1. The minimum Gasteiger partial charge on any atom is -0.347 e. The van der Waals surface area contributed by atoms with Gasteiger partial charge in [-0.05, 0) is 25.0 Å². The molecule has 2 N–H and O–H groups in total. The van der Waals surface area contributed by atoms with E-state index in [9.17, 15) is 9.59 Å². The molecular formula is C24H37N3O2. The number of amides is 2. The van der Waals surface area contributed by atoms with Crippen molar-refractivity contribution in [2.24, 2.45) is 5.10 Å². The number of benzene rings is 1. The first kappa shape index (κ1) is 24.6. The van der Waals surface area contributed by atoms with Crippen molar-refractivity contribution in [1.29, 1.82) is 0 Å². The number of hydrogen-bond acceptors (Lipinski definition) is 3. The first-order chi connectivity index (χ1) is 14.1. The maximum absolute atomic E-state index is 11.8. The molecule has 0 unspecified atom stereocenters. The lowest BCUT2D eigenvalue weighted by molar-refractivity contribution is -0.126. The summed E-state index contributed by atoms with van der Waals surface area (Å²) in [6.07, 6.45) is 15.2. The lowest BCUT2D eigenvalue weighted by Crippen LogP contribution is -2.35. The van der Waals surface area contributed by atoms with E-state index in [1.165, 1.54) is 44.9 Å². The Morgan fingerprint density at radius 3 is 2.17 bits per heavy atom. The lowest BCUT2D eigenvalue weighted by atomic mass is 10.1. The number of hydrogen-bond donors (Lipinski definition) is 2. The number of unbranched alkanes of at least 4 members (excludes halogenated alkanes) is 8. The van der Waals surface area contributed by atoms with Crippen LogP contribution in [0.15, 0.2) is 41.5 Å². The predicted octanol–water partition coefficient (Wildman–Crippen LogP) is 5.23. The minimum absolute atomic E-state index is 0.0462. The molecule has 0 aliphatic rings. The lowest BCUT2D eigenvalue weighted by Gasteiger charge is -2.05. The quantitative estimate of drug-likeness (QED) is 0.241. The van der Waals surface area contributed by atoms with Gasteiger partial charge in [-0.3, -0.25) is 9.59 Å². The molecule has 0 fully saturated rings. The first-order valence-corrected chi connectivity index (χ1v) is 10.9. The van der Waals surface area contributed by atoms with E-state index < -0.39 is 0 Å². The molecule has 1 aromatic rings. The van der Waals surface area contributed by atoms with Crippen LogP contribution in [-0.4, -0.2) is 24.1 Å². The van der Waals surface area contributed by atoms with Gasteiger partial charge in [-0.2, -0.15) is 5.10 Å². The van der Waals surface area contributed by atoms with Crippen LogP contribution < -0.4 is 10.7 Å². The summed E-state index contributed by atoms with van der Waals surface area (Å²) in [5, 5.41) is 6.67. The van der Waals surface area contributed by atoms with Crippen molar-refractivity contribution in [3.05, 3.63) is 42.0 Å². The van der Waals surface area contributed by atoms with Crippen molar-refractivity contribution < 1.29 is 9.59 Å². The molecule has 0 aliphatic heterocycles. The molecule has 5 nitrogen and oxygen atoms in total. The van der Waals surface area contributed by atoms with E-state index in [4.69, 9.17) is 0 Å². The number of nitrogens with one attached hydrogen (secondary N) is 2. The van der Waals surface area contributed by atoms with Crippen LogP contribution in [0.5, 0.6) is 0 Å². The molecule has 160 valence electrons. The van der Waals surface area contributed by atoms with E-state index in [1.807, 2.05) is 49.4 Å². The summed E-state index contributed by atoms with van der Waals surface area (Å²) in [5.41, 5.74) is 4.21. The summed E-state index contributed by atoms with van der Waals surface area (Å²) < 4.78 is 0. The van der Waals surface area contributed by atoms with Gasteiger partial charge in [-0.15, -0.1) is 0 Å². The molecule has 0 saturated carbocycles. The van der Waals surface area contributed by atoms with Crippen LogP contribution in [-0.2, 0) is 9.59 Å². The highest BCUT2D eigenvalue weighted by Crippen LogP contribution is 2.10. The van der Waals surface area contributed by atoms with Crippen LogP contribution in [0.4, 0.5) is 0 Å². The smallest absolute Gasteiger partial charge is 0.259 e. The standard InChI is InChI=1S/C24H37N3O2/c1-3-4-5-6-7-8-9-10-14-17-23(28)25-20-24(29)27-26-21(2)18-19-22-15-12-11-13-16-22/h11-13,15-16,18-19H,3-10,14,17,20H2,1-2H3,(H,25,28)(H,27,29). The van der Waals surface area contributed by atoms with Gasteiger partial charge in [0.15, 0.2) is 0 Å². The summed E-state index contributed by atoms with van der Waals surface area (Å²) in [6, 6.07) is 9.87. The van der Waals surface area contributed by atoms with Gasteiger partial charge in [-0.25, -0.2) is 5.43 Å². The normalized spacial score (nSPS) is 11.6. The van der Waals surface area contributed by atoms with Crippen molar-refractivity contribution in [3.63, 3.8) is 0 Å². The largest absolute Gasteiger partial charge is 0.347 e. The maximum atomic E-state index is 11.8. The average Bonchev–Trinajstić information content (AvgIpc) is 2.74. The maximum Gasteiger partial charge on any atom is 0.259 e. The second-order valence-corrected chi connectivity index (χ2v) is 7.39. The summed E-state index contributed by atoms with van der Waals surface area (Å²) in [7, 11) is 0. The number of hydrazone groups is 1. The van der Waals surface area contributed by atoms with Gasteiger partial charge in [0.2, 0.25) is 5.91 Å². The van der Waals surface area contributed by atoms with Crippen LogP contribution in [0.25, 0.3) is 6.08 Å². The number of nitrogens with zero attached hydrogens (tertiary/aromatic N) is 1. The van der Waals surface area contributed by atoms with Gasteiger partial charge in [-0.1, -0.05) is 94.7 Å². The minimum atomic E-state index is -0.321. The van der Waals surface area contributed by atoms with Gasteiger partial charge in [0.25, 0.3) is 5.91 Å². The van der Waals surface area contributed by atoms with Gasteiger partial charge >= 0.3 is 0 Å². The predicted molar refractivity (Wildman–Crippen MR) is 122 cm³/mol. The Kier molecular flexibility index (Phi) is 14.0. The molecule has 0 saturated heterocycles. The van der Waals surface area contributed by atoms with Crippen molar-refractivity contribution in [3.8, 4) is 0 Å². The van der Waals surface area contributed by atoms with Crippen LogP contribution in [0.2, 0.25) is 0 Å². The molecule has 0 aliphatic carbocycles.